The molecule has 0 spiro atoms. The average molecular weight is 377 g/mol. The van der Waals surface area contributed by atoms with Crippen molar-refractivity contribution in [2.24, 2.45) is 5.92 Å². The van der Waals surface area contributed by atoms with Gasteiger partial charge in [-0.15, -0.1) is 0 Å². The molecule has 24 heavy (non-hydrogen) atoms. The van der Waals surface area contributed by atoms with E-state index in [1.165, 1.54) is 19.1 Å². The lowest BCUT2D eigenvalue weighted by Gasteiger charge is -2.21. The monoisotopic (exact) mass is 377 g/mol. The van der Waals surface area contributed by atoms with Crippen molar-refractivity contribution < 1.29 is 26.7 Å². The largest absolute Gasteiger partial charge is 0.480 e. The summed E-state index contributed by atoms with van der Waals surface area (Å²) >= 11 is 0. The summed E-state index contributed by atoms with van der Waals surface area (Å²) in [6.07, 6.45) is 1.47. The minimum Gasteiger partial charge on any atom is -0.480 e. The van der Waals surface area contributed by atoms with Gasteiger partial charge >= 0.3 is 5.97 Å². The van der Waals surface area contributed by atoms with Crippen LogP contribution in [-0.4, -0.2) is 40.2 Å². The summed E-state index contributed by atoms with van der Waals surface area (Å²) in [5.41, 5.74) is 0.528. The molecule has 0 aliphatic rings. The topological polar surface area (TPSA) is 118 Å². The molecule has 2 atom stereocenters. The van der Waals surface area contributed by atoms with Crippen LogP contribution in [0.5, 0.6) is 0 Å². The molecule has 0 radical (unpaired) electrons. The second-order valence-electron chi connectivity index (χ2n) is 5.98. The van der Waals surface area contributed by atoms with E-state index in [0.29, 0.717) is 12.0 Å². The molecule has 0 heterocycles. The van der Waals surface area contributed by atoms with Crippen LogP contribution < -0.4 is 4.72 Å². The summed E-state index contributed by atoms with van der Waals surface area (Å²) in [6.45, 7) is 6.36. The van der Waals surface area contributed by atoms with Gasteiger partial charge in [0.05, 0.1) is 9.79 Å². The molecule has 0 saturated heterocycles. The lowest BCUT2D eigenvalue weighted by atomic mass is 10.0. The minimum absolute atomic E-state index is 0.0730. The highest BCUT2D eigenvalue weighted by Crippen LogP contribution is 2.25. The summed E-state index contributed by atoms with van der Waals surface area (Å²) in [4.78, 5) is 11.1. The van der Waals surface area contributed by atoms with Gasteiger partial charge in [-0.25, -0.2) is 16.8 Å². The highest BCUT2D eigenvalue weighted by atomic mass is 32.2. The number of carboxylic acids is 1. The molecule has 0 aliphatic heterocycles. The van der Waals surface area contributed by atoms with E-state index in [1.807, 2.05) is 0 Å². The molecule has 0 unspecified atom stereocenters. The Balaban J connectivity index is 3.49. The Morgan fingerprint density at radius 1 is 1.17 bits per heavy atom. The van der Waals surface area contributed by atoms with Gasteiger partial charge < -0.3 is 5.11 Å². The molecule has 7 nitrogen and oxygen atoms in total. The Morgan fingerprint density at radius 3 is 2.08 bits per heavy atom. The first-order valence-electron chi connectivity index (χ1n) is 7.37. The third-order valence-electron chi connectivity index (χ3n) is 3.91. The number of carboxylic acid groups (broad SMARTS) is 1. The zero-order valence-electron chi connectivity index (χ0n) is 14.3. The summed E-state index contributed by atoms with van der Waals surface area (Å²) in [7, 11) is -7.80. The van der Waals surface area contributed by atoms with E-state index in [9.17, 15) is 26.7 Å². The highest BCUT2D eigenvalue weighted by molar-refractivity contribution is 7.91. The SMILES string of the molecule is CC[C@H](C)[C@H](NS(=O)(=O)c1cc(C)cc(S(C)(=O)=O)c1C)C(=O)O. The van der Waals surface area contributed by atoms with Crippen LogP contribution in [-0.2, 0) is 24.7 Å². The van der Waals surface area contributed by atoms with E-state index in [1.54, 1.807) is 20.8 Å². The number of aliphatic carboxylic acids is 1. The Morgan fingerprint density at radius 2 is 1.67 bits per heavy atom. The second-order valence-corrected chi connectivity index (χ2v) is 9.65. The summed E-state index contributed by atoms with van der Waals surface area (Å²) < 4.78 is 51.2. The molecule has 0 aromatic heterocycles. The van der Waals surface area contributed by atoms with Gasteiger partial charge in [-0.05, 0) is 43.0 Å². The van der Waals surface area contributed by atoms with Gasteiger partial charge in [-0.1, -0.05) is 20.3 Å². The van der Waals surface area contributed by atoms with Crippen molar-refractivity contribution in [3.63, 3.8) is 0 Å². The van der Waals surface area contributed by atoms with Gasteiger partial charge in [0, 0.05) is 6.26 Å². The van der Waals surface area contributed by atoms with E-state index < -0.39 is 37.8 Å². The molecule has 1 aromatic rings. The first-order valence-corrected chi connectivity index (χ1v) is 10.7. The zero-order valence-corrected chi connectivity index (χ0v) is 16.0. The number of sulfone groups is 1. The first kappa shape index (κ1) is 20.6. The third-order valence-corrected chi connectivity index (χ3v) is 6.70. The number of benzene rings is 1. The van der Waals surface area contributed by atoms with Gasteiger partial charge in [0.25, 0.3) is 0 Å². The normalized spacial score (nSPS) is 15.0. The molecule has 1 aromatic carbocycles. The number of carbonyl (C=O) groups is 1. The van der Waals surface area contributed by atoms with E-state index in [2.05, 4.69) is 4.72 Å². The average Bonchev–Trinajstić information content (AvgIpc) is 2.44. The lowest BCUT2D eigenvalue weighted by Crippen LogP contribution is -2.45. The van der Waals surface area contributed by atoms with Gasteiger partial charge in [0.2, 0.25) is 10.0 Å². The van der Waals surface area contributed by atoms with Gasteiger partial charge in [0.1, 0.15) is 6.04 Å². The van der Waals surface area contributed by atoms with Crippen molar-refractivity contribution in [3.05, 3.63) is 23.3 Å². The number of nitrogens with one attached hydrogen (secondary N) is 1. The van der Waals surface area contributed by atoms with Crippen molar-refractivity contribution in [1.82, 2.24) is 4.72 Å². The number of hydrogen-bond acceptors (Lipinski definition) is 5. The molecule has 0 amide bonds. The number of aryl methyl sites for hydroxylation is 1. The van der Waals surface area contributed by atoms with Crippen molar-refractivity contribution in [1.29, 1.82) is 0 Å². The maximum atomic E-state index is 12.7. The van der Waals surface area contributed by atoms with Gasteiger partial charge in [0.15, 0.2) is 9.84 Å². The molecule has 2 N–H and O–H groups in total. The standard InChI is InChI=1S/C15H23NO6S2/c1-6-10(3)14(15(17)18)16-24(21,22)13-8-9(2)7-12(11(13)4)23(5,19)20/h7-8,10,14,16H,6H2,1-5H3,(H,17,18)/t10-,14-/m0/s1. The van der Waals surface area contributed by atoms with Crippen LogP contribution in [0.15, 0.2) is 21.9 Å². The van der Waals surface area contributed by atoms with Crippen LogP contribution in [0.2, 0.25) is 0 Å². The predicted octanol–water partition coefficient (Wildman–Crippen LogP) is 1.48. The van der Waals surface area contributed by atoms with Crippen LogP contribution in [0.1, 0.15) is 31.4 Å². The fraction of sp³-hybridized carbons (Fsp3) is 0.533. The van der Waals surface area contributed by atoms with E-state index in [-0.39, 0.29) is 15.4 Å². The second kappa shape index (κ2) is 7.20. The van der Waals surface area contributed by atoms with Crippen molar-refractivity contribution in [3.8, 4) is 0 Å². The smallest absolute Gasteiger partial charge is 0.322 e. The van der Waals surface area contributed by atoms with Crippen LogP contribution >= 0.6 is 0 Å². The van der Waals surface area contributed by atoms with Gasteiger partial charge in [-0.3, -0.25) is 4.79 Å². The fourth-order valence-electron chi connectivity index (χ4n) is 2.33. The fourth-order valence-corrected chi connectivity index (χ4v) is 5.11. The summed E-state index contributed by atoms with van der Waals surface area (Å²) in [5, 5.41) is 9.27. The first-order chi connectivity index (χ1) is 10.8. The van der Waals surface area contributed by atoms with Crippen LogP contribution in [0.3, 0.4) is 0 Å². The van der Waals surface area contributed by atoms with Crippen LogP contribution in [0.4, 0.5) is 0 Å². The van der Waals surface area contributed by atoms with E-state index in [0.717, 1.165) is 6.26 Å². The lowest BCUT2D eigenvalue weighted by molar-refractivity contribution is -0.140. The molecule has 0 saturated carbocycles. The highest BCUT2D eigenvalue weighted by Gasteiger charge is 2.31. The number of sulfonamides is 1. The number of rotatable bonds is 7. The molecule has 0 aliphatic carbocycles. The van der Waals surface area contributed by atoms with Crippen molar-refractivity contribution >= 4 is 25.8 Å². The predicted molar refractivity (Wildman–Crippen MR) is 90.2 cm³/mol. The summed E-state index contributed by atoms with van der Waals surface area (Å²) in [5.74, 6) is -1.70. The Hall–Kier alpha value is -1.45. The van der Waals surface area contributed by atoms with Crippen molar-refractivity contribution in [2.75, 3.05) is 6.26 Å². The maximum Gasteiger partial charge on any atom is 0.322 e. The van der Waals surface area contributed by atoms with Crippen LogP contribution in [0, 0.1) is 19.8 Å². The van der Waals surface area contributed by atoms with E-state index in [4.69, 9.17) is 0 Å². The Kier molecular flexibility index (Phi) is 6.18. The van der Waals surface area contributed by atoms with Crippen molar-refractivity contribution in [2.45, 2.75) is 49.9 Å². The molecule has 136 valence electrons. The zero-order chi connectivity index (χ0) is 18.9. The number of hydrogen-bond donors (Lipinski definition) is 2. The quantitative estimate of drug-likeness (QED) is 0.743. The molecule has 0 bridgehead atoms. The third kappa shape index (κ3) is 4.55. The molecule has 9 heteroatoms. The van der Waals surface area contributed by atoms with Gasteiger partial charge in [-0.2, -0.15) is 4.72 Å². The Bertz CT molecular complexity index is 843. The molecular weight excluding hydrogens is 354 g/mol. The van der Waals surface area contributed by atoms with E-state index >= 15 is 0 Å². The Labute approximate surface area is 143 Å². The summed E-state index contributed by atoms with van der Waals surface area (Å²) in [6, 6.07) is 1.44. The molecular formula is C15H23NO6S2. The molecule has 0 fully saturated rings. The molecule has 1 rings (SSSR count). The van der Waals surface area contributed by atoms with Crippen LogP contribution in [0.25, 0.3) is 0 Å². The maximum absolute atomic E-state index is 12.7. The minimum atomic E-state index is -4.19.